The van der Waals surface area contributed by atoms with Crippen molar-refractivity contribution in [1.82, 2.24) is 9.97 Å². The molecule has 0 aliphatic carbocycles. The van der Waals surface area contributed by atoms with Crippen molar-refractivity contribution < 1.29 is 31.1 Å². The number of carbonyl (C=O) groups excluding carboxylic acids is 1. The maximum Gasteiger partial charge on any atom is 0.451 e. The molecular weight excluding hydrogens is 438 g/mol. The molecule has 1 aliphatic heterocycles. The molecule has 0 bridgehead atoms. The Morgan fingerprint density at radius 2 is 1.75 bits per heavy atom. The van der Waals surface area contributed by atoms with Crippen LogP contribution in [0, 0.1) is 5.92 Å². The number of carbonyl (C=O) groups is 1. The number of hydrogen-bond donors (Lipinski definition) is 1. The normalized spacial score (nSPS) is 17.4. The van der Waals surface area contributed by atoms with E-state index >= 15 is 0 Å². The number of aromatic nitrogens is 2. The summed E-state index contributed by atoms with van der Waals surface area (Å²) in [6, 6.07) is 6.07. The monoisotopic (exact) mass is 460 g/mol. The fourth-order valence-electron chi connectivity index (χ4n) is 3.72. The van der Waals surface area contributed by atoms with Crippen LogP contribution in [0.1, 0.15) is 42.6 Å². The van der Waals surface area contributed by atoms with E-state index in [4.69, 9.17) is 5.73 Å². The van der Waals surface area contributed by atoms with Crippen LogP contribution in [0.4, 0.5) is 38.0 Å². The van der Waals surface area contributed by atoms with Crippen molar-refractivity contribution in [2.75, 3.05) is 23.7 Å². The average molecular weight is 460 g/mol. The summed E-state index contributed by atoms with van der Waals surface area (Å²) in [5.74, 6) is -1.97. The van der Waals surface area contributed by atoms with E-state index in [1.165, 1.54) is 18.2 Å². The van der Waals surface area contributed by atoms with Gasteiger partial charge in [-0.15, -0.1) is 0 Å². The van der Waals surface area contributed by atoms with Gasteiger partial charge in [0.2, 0.25) is 5.82 Å². The van der Waals surface area contributed by atoms with Gasteiger partial charge in [-0.25, -0.2) is 9.97 Å². The quantitative estimate of drug-likeness (QED) is 0.621. The smallest absolute Gasteiger partial charge is 0.384 e. The summed E-state index contributed by atoms with van der Waals surface area (Å²) in [6.45, 7) is 0.677. The van der Waals surface area contributed by atoms with Gasteiger partial charge in [-0.2, -0.15) is 26.3 Å². The van der Waals surface area contributed by atoms with Gasteiger partial charge in [0.25, 0.3) is 0 Å². The minimum Gasteiger partial charge on any atom is -0.384 e. The van der Waals surface area contributed by atoms with Crippen molar-refractivity contribution in [3.8, 4) is 0 Å². The highest BCUT2D eigenvalue weighted by molar-refractivity contribution is 5.81. The van der Waals surface area contributed by atoms with E-state index in [1.54, 1.807) is 4.90 Å². The zero-order valence-corrected chi connectivity index (χ0v) is 17.0. The number of Topliss-reactive ketones (excluding diaryl/α,β-unsaturated/α-hetero) is 1. The molecule has 0 unspecified atom stereocenters. The van der Waals surface area contributed by atoms with Crippen LogP contribution < -0.4 is 10.6 Å². The number of nitrogens with zero attached hydrogens (tertiary/aromatic N) is 3. The number of nitrogen functional groups attached to an aromatic ring is 1. The first-order chi connectivity index (χ1) is 14.9. The Morgan fingerprint density at radius 1 is 1.06 bits per heavy atom. The molecule has 1 aromatic heterocycles. The van der Waals surface area contributed by atoms with E-state index in [-0.39, 0.29) is 36.3 Å². The van der Waals surface area contributed by atoms with Crippen LogP contribution in [-0.4, -0.2) is 28.8 Å². The number of rotatable bonds is 6. The van der Waals surface area contributed by atoms with E-state index in [2.05, 4.69) is 9.97 Å². The molecule has 11 heteroatoms. The molecule has 2 N–H and O–H groups in total. The molecule has 1 aliphatic rings. The Balaban J connectivity index is 1.56. The molecule has 0 amide bonds. The number of anilines is 2. The lowest BCUT2D eigenvalue weighted by Crippen LogP contribution is -2.39. The Kier molecular flexibility index (Phi) is 6.94. The Hall–Kier alpha value is -2.85. The van der Waals surface area contributed by atoms with E-state index < -0.39 is 23.7 Å². The summed E-state index contributed by atoms with van der Waals surface area (Å²) in [7, 11) is 0. The maximum atomic E-state index is 13.0. The molecule has 174 valence electrons. The van der Waals surface area contributed by atoms with Crippen molar-refractivity contribution in [3.05, 3.63) is 47.3 Å². The number of halogens is 6. The molecule has 1 saturated heterocycles. The van der Waals surface area contributed by atoms with Crippen molar-refractivity contribution in [1.29, 1.82) is 0 Å². The van der Waals surface area contributed by atoms with Crippen LogP contribution in [0.2, 0.25) is 0 Å². The summed E-state index contributed by atoms with van der Waals surface area (Å²) < 4.78 is 76.8. The van der Waals surface area contributed by atoms with Gasteiger partial charge in [-0.1, -0.05) is 12.1 Å². The van der Waals surface area contributed by atoms with Crippen LogP contribution in [0.25, 0.3) is 0 Å². The van der Waals surface area contributed by atoms with Gasteiger partial charge < -0.3 is 10.6 Å². The molecule has 2 heterocycles. The highest BCUT2D eigenvalue weighted by Gasteiger charge is 2.36. The highest BCUT2D eigenvalue weighted by atomic mass is 19.4. The number of piperidine rings is 1. The van der Waals surface area contributed by atoms with Crippen LogP contribution in [0.15, 0.2) is 30.3 Å². The Bertz CT molecular complexity index is 943. The second-order valence-corrected chi connectivity index (χ2v) is 7.77. The van der Waals surface area contributed by atoms with Gasteiger partial charge >= 0.3 is 12.4 Å². The molecule has 1 fully saturated rings. The van der Waals surface area contributed by atoms with Gasteiger partial charge in [0.05, 0.1) is 5.56 Å². The molecule has 3 rings (SSSR count). The predicted octanol–water partition coefficient (Wildman–Crippen LogP) is 4.90. The SMILES string of the molecule is Nc1cc(N2CCC[C@@H](C(=O)CCCc3ccc(C(F)(F)F)cc3)C2)nc(C(F)(F)F)n1. The second-order valence-electron chi connectivity index (χ2n) is 7.77. The molecule has 1 aromatic carbocycles. The molecule has 2 aromatic rings. The Labute approximate surface area is 180 Å². The van der Waals surface area contributed by atoms with Gasteiger partial charge in [-0.05, 0) is 43.4 Å². The molecule has 5 nitrogen and oxygen atoms in total. The van der Waals surface area contributed by atoms with Crippen molar-refractivity contribution >= 4 is 17.4 Å². The highest BCUT2D eigenvalue weighted by Crippen LogP contribution is 2.31. The summed E-state index contributed by atoms with van der Waals surface area (Å²) in [6.07, 6.45) is -6.73. The van der Waals surface area contributed by atoms with Crippen molar-refractivity contribution in [2.24, 2.45) is 5.92 Å². The number of benzene rings is 1. The van der Waals surface area contributed by atoms with Gasteiger partial charge in [0.1, 0.15) is 17.4 Å². The lowest BCUT2D eigenvalue weighted by atomic mass is 9.90. The van der Waals surface area contributed by atoms with Gasteiger partial charge in [-0.3, -0.25) is 4.79 Å². The Morgan fingerprint density at radius 3 is 2.38 bits per heavy atom. The number of ketones is 1. The molecule has 32 heavy (non-hydrogen) atoms. The number of alkyl halides is 6. The van der Waals surface area contributed by atoms with E-state index in [0.29, 0.717) is 37.8 Å². The summed E-state index contributed by atoms with van der Waals surface area (Å²) in [4.78, 5) is 21.0. The molecule has 1 atom stereocenters. The topological polar surface area (TPSA) is 72.1 Å². The first-order valence-electron chi connectivity index (χ1n) is 10.1. The van der Waals surface area contributed by atoms with Crippen molar-refractivity contribution in [2.45, 2.75) is 44.5 Å². The van der Waals surface area contributed by atoms with E-state index in [0.717, 1.165) is 12.1 Å². The first-order valence-corrected chi connectivity index (χ1v) is 10.1. The van der Waals surface area contributed by atoms with E-state index in [1.807, 2.05) is 0 Å². The van der Waals surface area contributed by atoms with E-state index in [9.17, 15) is 31.1 Å². The van der Waals surface area contributed by atoms with Crippen LogP contribution in [0.5, 0.6) is 0 Å². The number of hydrogen-bond acceptors (Lipinski definition) is 5. The minimum atomic E-state index is -4.73. The third-order valence-electron chi connectivity index (χ3n) is 5.36. The maximum absolute atomic E-state index is 13.0. The second kappa shape index (κ2) is 9.33. The lowest BCUT2D eigenvalue weighted by molar-refractivity contribution is -0.144. The summed E-state index contributed by atoms with van der Waals surface area (Å²) in [5.41, 5.74) is 5.48. The third kappa shape index (κ3) is 6.10. The lowest BCUT2D eigenvalue weighted by Gasteiger charge is -2.33. The number of aryl methyl sites for hydroxylation is 1. The van der Waals surface area contributed by atoms with Crippen LogP contribution in [0.3, 0.4) is 0 Å². The fraction of sp³-hybridized carbons (Fsp3) is 0.476. The zero-order chi connectivity index (χ0) is 23.5. The summed E-state index contributed by atoms with van der Waals surface area (Å²) >= 11 is 0. The van der Waals surface area contributed by atoms with Gasteiger partial charge in [0.15, 0.2) is 0 Å². The molecule has 0 spiro atoms. The van der Waals surface area contributed by atoms with Crippen molar-refractivity contribution in [3.63, 3.8) is 0 Å². The first kappa shape index (κ1) is 23.8. The van der Waals surface area contributed by atoms with Gasteiger partial charge in [0, 0.05) is 31.5 Å². The fourth-order valence-corrected chi connectivity index (χ4v) is 3.72. The van der Waals surface area contributed by atoms with Crippen LogP contribution >= 0.6 is 0 Å². The zero-order valence-electron chi connectivity index (χ0n) is 17.0. The predicted molar refractivity (Wildman–Crippen MR) is 106 cm³/mol. The number of nitrogens with two attached hydrogens (primary N) is 1. The third-order valence-corrected chi connectivity index (χ3v) is 5.36. The molecule has 0 saturated carbocycles. The standard InChI is InChI=1S/C21H22F6N4O/c22-20(23,24)15-8-6-13(7-9-15)3-1-5-16(32)14-4-2-10-31(12-14)18-11-17(28)29-19(30-18)21(25,26)27/h6-9,11,14H,1-5,10,12H2,(H2,28,29,30)/t14-/m1/s1. The summed E-state index contributed by atoms with van der Waals surface area (Å²) in [5, 5.41) is 0. The molecular formula is C21H22F6N4O. The average Bonchev–Trinajstić information content (AvgIpc) is 2.72. The minimum absolute atomic E-state index is 0.0281. The largest absolute Gasteiger partial charge is 0.451 e. The van der Waals surface area contributed by atoms with Crippen LogP contribution in [-0.2, 0) is 23.6 Å². The molecule has 0 radical (unpaired) electrons.